The molecule has 2 fully saturated rings. The van der Waals surface area contributed by atoms with Crippen molar-refractivity contribution in [2.75, 3.05) is 6.61 Å². The number of H-pyrrole nitrogens is 1. The van der Waals surface area contributed by atoms with E-state index >= 15 is 0 Å². The monoisotopic (exact) mass is 386 g/mol. The number of aromatic nitrogens is 2. The van der Waals surface area contributed by atoms with Crippen molar-refractivity contribution in [3.05, 3.63) is 33.1 Å². The summed E-state index contributed by atoms with van der Waals surface area (Å²) >= 11 is 0. The first kappa shape index (κ1) is 17.7. The molecule has 2 aliphatic heterocycles. The zero-order valence-corrected chi connectivity index (χ0v) is 13.4. The van der Waals surface area contributed by atoms with Gasteiger partial charge in [-0.2, -0.15) is 0 Å². The summed E-state index contributed by atoms with van der Waals surface area (Å²) in [6.07, 6.45) is -3.83. The van der Waals surface area contributed by atoms with Crippen LogP contribution in [0.5, 0.6) is 0 Å². The van der Waals surface area contributed by atoms with Crippen molar-refractivity contribution < 1.29 is 42.1 Å². The second kappa shape index (κ2) is 5.99. The van der Waals surface area contributed by atoms with Crippen molar-refractivity contribution in [1.82, 2.24) is 9.55 Å². The van der Waals surface area contributed by atoms with Crippen LogP contribution in [0.15, 0.2) is 21.9 Å². The molecule has 1 aromatic heterocycles. The summed E-state index contributed by atoms with van der Waals surface area (Å²) in [5.41, 5.74) is -1.53. The molecule has 1 aromatic rings. The van der Waals surface area contributed by atoms with E-state index in [1.165, 1.54) is 0 Å². The Morgan fingerprint density at radius 1 is 1.33 bits per heavy atom. The Labute approximate surface area is 132 Å². The van der Waals surface area contributed by atoms with Gasteiger partial charge in [0, 0.05) is 12.3 Å². The third kappa shape index (κ3) is 3.59. The van der Waals surface area contributed by atoms with Gasteiger partial charge in [0.05, 0.1) is 6.61 Å². The molecule has 0 spiro atoms. The highest BCUT2D eigenvalue weighted by Gasteiger charge is 2.58. The van der Waals surface area contributed by atoms with Crippen LogP contribution < -0.4 is 11.2 Å². The molecule has 3 heterocycles. The Bertz CT molecular complexity index is 842. The van der Waals surface area contributed by atoms with Crippen molar-refractivity contribution in [3.63, 3.8) is 0 Å². The average Bonchev–Trinajstić information content (AvgIpc) is 2.90. The number of hydrogen-bond acceptors (Lipinski definition) is 8. The topological polar surface area (TPSA) is 187 Å². The van der Waals surface area contributed by atoms with Gasteiger partial charge in [0.1, 0.15) is 18.3 Å². The van der Waals surface area contributed by atoms with Gasteiger partial charge >= 0.3 is 21.3 Å². The van der Waals surface area contributed by atoms with Crippen LogP contribution in [0.1, 0.15) is 6.23 Å². The summed E-state index contributed by atoms with van der Waals surface area (Å²) in [5, 5.41) is 0. The lowest BCUT2D eigenvalue weighted by Crippen LogP contribution is -2.36. The Balaban J connectivity index is 1.90. The van der Waals surface area contributed by atoms with E-state index in [2.05, 4.69) is 4.52 Å². The van der Waals surface area contributed by atoms with Crippen molar-refractivity contribution in [2.45, 2.75) is 24.5 Å². The fraction of sp³-hybridized carbons (Fsp3) is 0.556. The maximum absolute atomic E-state index is 11.8. The predicted octanol–water partition coefficient (Wildman–Crippen LogP) is -1.57. The maximum Gasteiger partial charge on any atom is 0.473 e. The van der Waals surface area contributed by atoms with E-state index in [0.717, 1.165) is 16.8 Å². The zero-order valence-electron chi connectivity index (χ0n) is 11.6. The second-order valence-electron chi connectivity index (χ2n) is 4.98. The number of fused-ring (bicyclic) bond motifs is 1. The standard InChI is InChI=1S/C9H12N2O11P2/c12-5-1-2-11(9(13)10-5)8-7-6(21-24(17,18)22-7)4(20-8)3-19-23(14,15)16/h1-2,4,6-8H,3H2,(H,17,18)(H,10,12,13)(H2,14,15,16)/t4-,6-,7-,8-/m1/s1. The second-order valence-corrected chi connectivity index (χ2v) is 7.58. The van der Waals surface area contributed by atoms with Crippen LogP contribution in [0.25, 0.3) is 0 Å². The molecule has 0 radical (unpaired) electrons. The Morgan fingerprint density at radius 2 is 2.00 bits per heavy atom. The summed E-state index contributed by atoms with van der Waals surface area (Å²) < 4.78 is 42.7. The van der Waals surface area contributed by atoms with Crippen molar-refractivity contribution in [2.24, 2.45) is 0 Å². The zero-order chi connectivity index (χ0) is 17.7. The molecule has 2 saturated heterocycles. The maximum atomic E-state index is 11.8. The number of phosphoric ester groups is 2. The summed E-state index contributed by atoms with van der Waals surface area (Å²) in [5.74, 6) is 0. The minimum Gasteiger partial charge on any atom is -0.346 e. The predicted molar refractivity (Wildman–Crippen MR) is 72.8 cm³/mol. The molecular formula is C9H12N2O11P2. The van der Waals surface area contributed by atoms with Gasteiger partial charge in [-0.05, 0) is 0 Å². The lowest BCUT2D eigenvalue weighted by atomic mass is 10.1. The van der Waals surface area contributed by atoms with E-state index in [9.17, 15) is 23.6 Å². The third-order valence-electron chi connectivity index (χ3n) is 3.33. The molecule has 0 bridgehead atoms. The molecule has 2 aliphatic rings. The number of nitrogens with one attached hydrogen (secondary N) is 1. The van der Waals surface area contributed by atoms with Gasteiger partial charge in [0.25, 0.3) is 5.56 Å². The molecule has 24 heavy (non-hydrogen) atoms. The largest absolute Gasteiger partial charge is 0.473 e. The van der Waals surface area contributed by atoms with Crippen LogP contribution in [0.2, 0.25) is 0 Å². The van der Waals surface area contributed by atoms with Gasteiger partial charge in [0.2, 0.25) is 0 Å². The first-order valence-corrected chi connectivity index (χ1v) is 9.45. The highest BCUT2D eigenvalue weighted by molar-refractivity contribution is 7.47. The van der Waals surface area contributed by atoms with Crippen LogP contribution in [-0.4, -0.2) is 49.2 Å². The third-order valence-corrected chi connectivity index (χ3v) is 4.83. The molecule has 0 amide bonds. The molecule has 1 unspecified atom stereocenters. The summed E-state index contributed by atoms with van der Waals surface area (Å²) in [4.78, 5) is 51.9. The summed E-state index contributed by atoms with van der Waals surface area (Å²) in [7, 11) is -9.24. The number of ether oxygens (including phenoxy) is 1. The SMILES string of the molecule is O=c1ccn([C@@H]2O[C@H](COP(=O)(O)O)[C@H]3OP(=O)(O)O[C@H]32)c(=O)[nH]1. The van der Waals surface area contributed by atoms with Crippen molar-refractivity contribution >= 4 is 15.6 Å². The van der Waals surface area contributed by atoms with Crippen LogP contribution in [0.3, 0.4) is 0 Å². The molecule has 3 rings (SSSR count). The number of phosphoric acid groups is 2. The lowest BCUT2D eigenvalue weighted by molar-refractivity contribution is -0.0616. The van der Waals surface area contributed by atoms with E-state index in [4.69, 9.17) is 23.6 Å². The molecular weight excluding hydrogens is 374 g/mol. The molecule has 0 aliphatic carbocycles. The van der Waals surface area contributed by atoms with Crippen molar-refractivity contribution in [1.29, 1.82) is 0 Å². The number of aromatic amines is 1. The van der Waals surface area contributed by atoms with Crippen molar-refractivity contribution in [3.8, 4) is 0 Å². The fourth-order valence-electron chi connectivity index (χ4n) is 2.44. The van der Waals surface area contributed by atoms with E-state index in [0.29, 0.717) is 0 Å². The number of hydrogen-bond donors (Lipinski definition) is 4. The van der Waals surface area contributed by atoms with Gasteiger partial charge < -0.3 is 19.4 Å². The number of nitrogens with zero attached hydrogens (tertiary/aromatic N) is 1. The minimum absolute atomic E-state index is 0.663. The van der Waals surface area contributed by atoms with Crippen LogP contribution in [0.4, 0.5) is 0 Å². The van der Waals surface area contributed by atoms with Crippen LogP contribution in [0, 0.1) is 0 Å². The molecule has 134 valence electrons. The summed E-state index contributed by atoms with van der Waals surface area (Å²) in [6.45, 7) is -0.677. The van der Waals surface area contributed by atoms with E-state index in [-0.39, 0.29) is 0 Å². The Kier molecular flexibility index (Phi) is 4.41. The normalized spacial score (nSPS) is 36.0. The summed E-state index contributed by atoms with van der Waals surface area (Å²) in [6, 6.07) is 1.02. The fourth-order valence-corrected chi connectivity index (χ4v) is 3.92. The van der Waals surface area contributed by atoms with Gasteiger partial charge in [-0.15, -0.1) is 0 Å². The first-order chi connectivity index (χ1) is 11.1. The molecule has 5 atom stereocenters. The minimum atomic E-state index is -4.82. The quantitative estimate of drug-likeness (QED) is 0.438. The first-order valence-electron chi connectivity index (χ1n) is 6.42. The van der Waals surface area contributed by atoms with Gasteiger partial charge in [-0.25, -0.2) is 13.9 Å². The molecule has 15 heteroatoms. The van der Waals surface area contributed by atoms with E-state index in [1.807, 2.05) is 4.98 Å². The van der Waals surface area contributed by atoms with Crippen LogP contribution >= 0.6 is 15.6 Å². The van der Waals surface area contributed by atoms with Crippen LogP contribution in [-0.2, 0) is 27.4 Å². The number of rotatable bonds is 4. The van der Waals surface area contributed by atoms with E-state index < -0.39 is 58.0 Å². The van der Waals surface area contributed by atoms with Gasteiger partial charge in [-0.1, -0.05) is 0 Å². The van der Waals surface area contributed by atoms with E-state index in [1.54, 1.807) is 0 Å². The highest BCUT2D eigenvalue weighted by Crippen LogP contribution is 2.58. The smallest absolute Gasteiger partial charge is 0.346 e. The van der Waals surface area contributed by atoms with Gasteiger partial charge in [-0.3, -0.25) is 27.9 Å². The lowest BCUT2D eigenvalue weighted by Gasteiger charge is -2.19. The Hall–Kier alpha value is -1.14. The molecule has 0 aromatic carbocycles. The van der Waals surface area contributed by atoms with Gasteiger partial charge in [0.15, 0.2) is 6.23 Å². The average molecular weight is 386 g/mol. The highest BCUT2D eigenvalue weighted by atomic mass is 31.2. The molecule has 13 nitrogen and oxygen atoms in total. The Morgan fingerprint density at radius 3 is 2.62 bits per heavy atom. The molecule has 0 saturated carbocycles. The molecule has 4 N–H and O–H groups in total.